The summed E-state index contributed by atoms with van der Waals surface area (Å²) in [5.74, 6) is 1.01. The molecule has 29 heavy (non-hydrogen) atoms. The van der Waals surface area contributed by atoms with Gasteiger partial charge in [-0.05, 0) is 62.2 Å². The quantitative estimate of drug-likeness (QED) is 0.254. The Balaban J connectivity index is 1.75. The Labute approximate surface area is 168 Å². The van der Waals surface area contributed by atoms with Crippen molar-refractivity contribution in [1.29, 1.82) is 0 Å². The average molecular weight is 394 g/mol. The molecule has 0 spiro atoms. The van der Waals surface area contributed by atoms with Crippen LogP contribution in [0.4, 0.5) is 0 Å². The maximum absolute atomic E-state index is 12.2. The molecule has 2 aromatic carbocycles. The number of aryl methyl sites for hydroxylation is 1. The predicted molar refractivity (Wildman–Crippen MR) is 111 cm³/mol. The third kappa shape index (κ3) is 5.04. The largest absolute Gasteiger partial charge is 0.490 e. The van der Waals surface area contributed by atoms with Crippen molar-refractivity contribution in [2.75, 3.05) is 13.2 Å². The van der Waals surface area contributed by atoms with Crippen molar-refractivity contribution in [3.05, 3.63) is 70.1 Å². The van der Waals surface area contributed by atoms with Gasteiger partial charge in [0.2, 0.25) is 0 Å². The van der Waals surface area contributed by atoms with Gasteiger partial charge in [0.15, 0.2) is 11.5 Å². The molecule has 3 rings (SSSR count). The number of carbonyl (C=O) groups is 1. The highest BCUT2D eigenvalue weighted by Crippen LogP contribution is 2.29. The standard InChI is InChI=1S/C23H22O6/c1-4-26-19-10-6-16(13-21(19)27-5-2)7-11-22(24)28-17-8-9-18-15(3)12-23(25)29-20(18)14-17/h6-14H,4-5H2,1-3H3. The molecule has 6 heteroatoms. The van der Waals surface area contributed by atoms with E-state index in [4.69, 9.17) is 18.6 Å². The Hall–Kier alpha value is -3.54. The van der Waals surface area contributed by atoms with Gasteiger partial charge in [0.05, 0.1) is 13.2 Å². The van der Waals surface area contributed by atoms with Crippen LogP contribution >= 0.6 is 0 Å². The van der Waals surface area contributed by atoms with Crippen LogP contribution in [0.5, 0.6) is 17.2 Å². The number of hydrogen-bond acceptors (Lipinski definition) is 6. The minimum Gasteiger partial charge on any atom is -0.490 e. The molecule has 0 atom stereocenters. The van der Waals surface area contributed by atoms with Crippen molar-refractivity contribution in [1.82, 2.24) is 0 Å². The van der Waals surface area contributed by atoms with Gasteiger partial charge in [0, 0.05) is 23.6 Å². The molecule has 0 radical (unpaired) electrons. The lowest BCUT2D eigenvalue weighted by Gasteiger charge is -2.11. The lowest BCUT2D eigenvalue weighted by atomic mass is 10.1. The first-order valence-corrected chi connectivity index (χ1v) is 9.34. The highest BCUT2D eigenvalue weighted by molar-refractivity contribution is 5.89. The number of esters is 1. The summed E-state index contributed by atoms with van der Waals surface area (Å²) in [7, 11) is 0. The minimum atomic E-state index is -0.550. The van der Waals surface area contributed by atoms with Crippen molar-refractivity contribution in [2.24, 2.45) is 0 Å². The Morgan fingerprint density at radius 2 is 1.76 bits per heavy atom. The summed E-state index contributed by atoms with van der Waals surface area (Å²) in [6.45, 7) is 6.66. The fourth-order valence-electron chi connectivity index (χ4n) is 2.85. The van der Waals surface area contributed by atoms with E-state index in [1.807, 2.05) is 26.8 Å². The molecule has 0 aliphatic heterocycles. The Bertz CT molecular complexity index is 1110. The normalized spacial score (nSPS) is 11.0. The number of hydrogen-bond donors (Lipinski definition) is 0. The van der Waals surface area contributed by atoms with E-state index in [-0.39, 0.29) is 0 Å². The second kappa shape index (κ2) is 9.10. The lowest BCUT2D eigenvalue weighted by Crippen LogP contribution is -2.04. The molecule has 0 saturated carbocycles. The van der Waals surface area contributed by atoms with Crippen LogP contribution in [0.3, 0.4) is 0 Å². The third-order valence-corrected chi connectivity index (χ3v) is 4.12. The summed E-state index contributed by atoms with van der Waals surface area (Å²) in [5, 5.41) is 0.790. The van der Waals surface area contributed by atoms with Crippen LogP contribution in [0.1, 0.15) is 25.0 Å². The Kier molecular flexibility index (Phi) is 6.34. The summed E-state index contributed by atoms with van der Waals surface area (Å²) in [6.07, 6.45) is 2.95. The van der Waals surface area contributed by atoms with Gasteiger partial charge in [0.25, 0.3) is 0 Å². The van der Waals surface area contributed by atoms with Gasteiger partial charge in [0.1, 0.15) is 11.3 Å². The first-order valence-electron chi connectivity index (χ1n) is 9.34. The van der Waals surface area contributed by atoms with Gasteiger partial charge in [-0.15, -0.1) is 0 Å². The van der Waals surface area contributed by atoms with Crippen molar-refractivity contribution >= 4 is 23.0 Å². The molecule has 0 bridgehead atoms. The van der Waals surface area contributed by atoms with E-state index in [0.29, 0.717) is 36.0 Å². The van der Waals surface area contributed by atoms with E-state index >= 15 is 0 Å². The first-order chi connectivity index (χ1) is 14.0. The molecule has 3 aromatic rings. The summed E-state index contributed by atoms with van der Waals surface area (Å²) in [4.78, 5) is 23.7. The van der Waals surface area contributed by atoms with Gasteiger partial charge >= 0.3 is 11.6 Å². The van der Waals surface area contributed by atoms with Gasteiger partial charge in [-0.1, -0.05) is 6.07 Å². The monoisotopic (exact) mass is 394 g/mol. The lowest BCUT2D eigenvalue weighted by molar-refractivity contribution is -0.128. The van der Waals surface area contributed by atoms with Gasteiger partial charge in [-0.25, -0.2) is 9.59 Å². The second-order valence-electron chi connectivity index (χ2n) is 6.23. The molecule has 0 saturated heterocycles. The van der Waals surface area contributed by atoms with Crippen molar-refractivity contribution < 1.29 is 23.4 Å². The third-order valence-electron chi connectivity index (χ3n) is 4.12. The van der Waals surface area contributed by atoms with Gasteiger partial charge in [-0.3, -0.25) is 0 Å². The summed E-state index contributed by atoms with van der Waals surface area (Å²) >= 11 is 0. The first kappa shape index (κ1) is 20.2. The average Bonchev–Trinajstić information content (AvgIpc) is 2.68. The van der Waals surface area contributed by atoms with Crippen LogP contribution in [0.15, 0.2) is 57.8 Å². The number of carbonyl (C=O) groups excluding carboxylic acids is 1. The number of fused-ring (bicyclic) bond motifs is 1. The molecular weight excluding hydrogens is 372 g/mol. The smallest absolute Gasteiger partial charge is 0.336 e. The van der Waals surface area contributed by atoms with Crippen LogP contribution in [-0.4, -0.2) is 19.2 Å². The van der Waals surface area contributed by atoms with Crippen LogP contribution in [-0.2, 0) is 4.79 Å². The highest BCUT2D eigenvalue weighted by atomic mass is 16.5. The van der Waals surface area contributed by atoms with Crippen LogP contribution < -0.4 is 19.8 Å². The molecule has 0 fully saturated rings. The molecule has 0 amide bonds. The summed E-state index contributed by atoms with van der Waals surface area (Å²) in [5.41, 5.74) is 1.50. The summed E-state index contributed by atoms with van der Waals surface area (Å²) in [6, 6.07) is 11.8. The molecule has 1 aromatic heterocycles. The molecule has 0 unspecified atom stereocenters. The van der Waals surface area contributed by atoms with Crippen molar-refractivity contribution in [2.45, 2.75) is 20.8 Å². The van der Waals surface area contributed by atoms with Crippen molar-refractivity contribution in [3.8, 4) is 17.2 Å². The maximum atomic E-state index is 12.2. The second-order valence-corrected chi connectivity index (χ2v) is 6.23. The van der Waals surface area contributed by atoms with E-state index in [9.17, 15) is 9.59 Å². The number of ether oxygens (including phenoxy) is 3. The zero-order chi connectivity index (χ0) is 20.8. The molecular formula is C23H22O6. The number of rotatable bonds is 7. The van der Waals surface area contributed by atoms with Crippen molar-refractivity contribution in [3.63, 3.8) is 0 Å². The SMILES string of the molecule is CCOc1ccc(C=CC(=O)Oc2ccc3c(C)cc(=O)oc3c2)cc1OCC. The topological polar surface area (TPSA) is 75.0 Å². The van der Waals surface area contributed by atoms with E-state index < -0.39 is 11.6 Å². The maximum Gasteiger partial charge on any atom is 0.336 e. The minimum absolute atomic E-state index is 0.294. The van der Waals surface area contributed by atoms with E-state index in [0.717, 1.165) is 16.5 Å². The fraction of sp³-hybridized carbons (Fsp3) is 0.217. The Morgan fingerprint density at radius 1 is 1.00 bits per heavy atom. The zero-order valence-corrected chi connectivity index (χ0v) is 16.6. The van der Waals surface area contributed by atoms with Crippen LogP contribution in [0.25, 0.3) is 17.0 Å². The molecule has 0 aliphatic carbocycles. The van der Waals surface area contributed by atoms with Crippen LogP contribution in [0.2, 0.25) is 0 Å². The van der Waals surface area contributed by atoms with E-state index in [2.05, 4.69) is 0 Å². The van der Waals surface area contributed by atoms with Crippen LogP contribution in [0, 0.1) is 6.92 Å². The zero-order valence-electron chi connectivity index (χ0n) is 16.6. The van der Waals surface area contributed by atoms with E-state index in [1.165, 1.54) is 18.2 Å². The highest BCUT2D eigenvalue weighted by Gasteiger charge is 2.08. The molecule has 150 valence electrons. The molecule has 0 aliphatic rings. The predicted octanol–water partition coefficient (Wildman–Crippen LogP) is 4.52. The summed E-state index contributed by atoms with van der Waals surface area (Å²) < 4.78 is 21.6. The fourth-order valence-corrected chi connectivity index (χ4v) is 2.85. The number of benzene rings is 2. The Morgan fingerprint density at radius 3 is 2.52 bits per heavy atom. The van der Waals surface area contributed by atoms with Gasteiger partial charge < -0.3 is 18.6 Å². The van der Waals surface area contributed by atoms with Gasteiger partial charge in [-0.2, -0.15) is 0 Å². The molecule has 0 N–H and O–H groups in total. The molecule has 1 heterocycles. The molecule has 6 nitrogen and oxygen atoms in total. The van der Waals surface area contributed by atoms with E-state index in [1.54, 1.807) is 30.3 Å².